The first-order chi connectivity index (χ1) is 9.75. The predicted molar refractivity (Wildman–Crippen MR) is 81.8 cm³/mol. The molecule has 1 saturated heterocycles. The van der Waals surface area contributed by atoms with Gasteiger partial charge in [0.25, 0.3) is 0 Å². The summed E-state index contributed by atoms with van der Waals surface area (Å²) in [6.07, 6.45) is 2.48. The van der Waals surface area contributed by atoms with Crippen molar-refractivity contribution >= 4 is 10.9 Å². The number of nitrogens with one attached hydrogen (secondary N) is 1. The predicted octanol–water partition coefficient (Wildman–Crippen LogP) is 1.51. The van der Waals surface area contributed by atoms with E-state index in [0.717, 1.165) is 44.7 Å². The summed E-state index contributed by atoms with van der Waals surface area (Å²) in [4.78, 5) is 2.42. The summed E-state index contributed by atoms with van der Waals surface area (Å²) in [6, 6.07) is 8.27. The van der Waals surface area contributed by atoms with Crippen molar-refractivity contribution in [1.82, 2.24) is 14.8 Å². The molecule has 108 valence electrons. The summed E-state index contributed by atoms with van der Waals surface area (Å²) in [5.41, 5.74) is 2.24. The second-order valence-electron chi connectivity index (χ2n) is 5.61. The number of benzene rings is 1. The summed E-state index contributed by atoms with van der Waals surface area (Å²) >= 11 is 0. The number of aliphatic hydroxyl groups is 1. The van der Waals surface area contributed by atoms with Crippen LogP contribution in [0.25, 0.3) is 10.9 Å². The first kappa shape index (κ1) is 13.6. The zero-order valence-corrected chi connectivity index (χ0v) is 12.0. The van der Waals surface area contributed by atoms with E-state index >= 15 is 0 Å². The lowest BCUT2D eigenvalue weighted by atomic mass is 10.1. The van der Waals surface area contributed by atoms with Crippen molar-refractivity contribution in [2.24, 2.45) is 7.05 Å². The molecule has 1 aromatic heterocycles. The minimum absolute atomic E-state index is 0.379. The number of hydrogen-bond acceptors (Lipinski definition) is 3. The van der Waals surface area contributed by atoms with Gasteiger partial charge in [0.15, 0.2) is 0 Å². The molecular weight excluding hydrogens is 250 g/mol. The average molecular weight is 273 g/mol. The molecule has 1 atom stereocenters. The number of aromatic nitrogens is 1. The Morgan fingerprint density at radius 3 is 2.80 bits per heavy atom. The standard InChI is InChI=1S/C16H23N3O/c1-18-12-14(13-4-2-3-5-15(13)18)16(20)6-9-19-10-7-17-8-11-19/h2-5,12,16-17,20H,6-11H2,1H3. The third-order valence-electron chi connectivity index (χ3n) is 4.22. The molecule has 2 aromatic rings. The SMILES string of the molecule is Cn1cc(C(O)CCN2CCNCC2)c2ccccc21. The van der Waals surface area contributed by atoms with Gasteiger partial charge in [-0.3, -0.25) is 0 Å². The Morgan fingerprint density at radius 2 is 2.00 bits per heavy atom. The second-order valence-corrected chi connectivity index (χ2v) is 5.61. The van der Waals surface area contributed by atoms with Gasteiger partial charge >= 0.3 is 0 Å². The van der Waals surface area contributed by atoms with Crippen LogP contribution in [-0.2, 0) is 7.05 Å². The van der Waals surface area contributed by atoms with Crippen LogP contribution in [0.4, 0.5) is 0 Å². The van der Waals surface area contributed by atoms with E-state index in [1.54, 1.807) is 0 Å². The number of nitrogens with zero attached hydrogens (tertiary/aromatic N) is 2. The van der Waals surface area contributed by atoms with Gasteiger partial charge in [0.2, 0.25) is 0 Å². The molecule has 20 heavy (non-hydrogen) atoms. The molecule has 0 radical (unpaired) electrons. The first-order valence-electron chi connectivity index (χ1n) is 7.41. The van der Waals surface area contributed by atoms with Gasteiger partial charge in [-0.05, 0) is 12.5 Å². The second kappa shape index (κ2) is 5.95. The normalized spacial score (nSPS) is 18.5. The number of hydrogen-bond donors (Lipinski definition) is 2. The minimum Gasteiger partial charge on any atom is -0.388 e. The maximum absolute atomic E-state index is 10.5. The minimum atomic E-state index is -0.379. The van der Waals surface area contributed by atoms with Gasteiger partial charge in [-0.2, -0.15) is 0 Å². The molecule has 0 amide bonds. The highest BCUT2D eigenvalue weighted by atomic mass is 16.3. The van der Waals surface area contributed by atoms with E-state index in [2.05, 4.69) is 33.1 Å². The quantitative estimate of drug-likeness (QED) is 0.887. The highest BCUT2D eigenvalue weighted by molar-refractivity contribution is 5.84. The highest BCUT2D eigenvalue weighted by Gasteiger charge is 2.16. The van der Waals surface area contributed by atoms with Crippen molar-refractivity contribution in [3.63, 3.8) is 0 Å². The number of piperazine rings is 1. The smallest absolute Gasteiger partial charge is 0.0823 e. The largest absolute Gasteiger partial charge is 0.388 e. The van der Waals surface area contributed by atoms with E-state index in [9.17, 15) is 5.11 Å². The number of para-hydroxylation sites is 1. The fourth-order valence-electron chi connectivity index (χ4n) is 3.03. The van der Waals surface area contributed by atoms with Crippen LogP contribution in [0.5, 0.6) is 0 Å². The summed E-state index contributed by atoms with van der Waals surface area (Å²) in [7, 11) is 2.04. The third-order valence-corrected chi connectivity index (χ3v) is 4.22. The van der Waals surface area contributed by atoms with Gasteiger partial charge in [-0.15, -0.1) is 0 Å². The molecule has 0 saturated carbocycles. The molecule has 2 heterocycles. The van der Waals surface area contributed by atoms with Crippen molar-refractivity contribution in [1.29, 1.82) is 0 Å². The molecule has 1 unspecified atom stereocenters. The molecule has 3 rings (SSSR count). The monoisotopic (exact) mass is 273 g/mol. The van der Waals surface area contributed by atoms with Crippen LogP contribution < -0.4 is 5.32 Å². The molecule has 1 aliphatic heterocycles. The van der Waals surface area contributed by atoms with E-state index in [1.807, 2.05) is 19.2 Å². The highest BCUT2D eigenvalue weighted by Crippen LogP contribution is 2.27. The molecule has 0 spiro atoms. The van der Waals surface area contributed by atoms with Gasteiger partial charge in [0.05, 0.1) is 6.10 Å². The summed E-state index contributed by atoms with van der Waals surface area (Å²) in [6.45, 7) is 5.26. The number of rotatable bonds is 4. The van der Waals surface area contributed by atoms with Crippen molar-refractivity contribution in [3.8, 4) is 0 Å². The summed E-state index contributed by atoms with van der Waals surface area (Å²) in [5.74, 6) is 0. The molecule has 1 aliphatic rings. The number of aliphatic hydroxyl groups excluding tert-OH is 1. The Balaban J connectivity index is 1.70. The van der Waals surface area contributed by atoms with Crippen molar-refractivity contribution in [2.45, 2.75) is 12.5 Å². The topological polar surface area (TPSA) is 40.4 Å². The van der Waals surface area contributed by atoms with Gasteiger partial charge in [0.1, 0.15) is 0 Å². The Kier molecular flexibility index (Phi) is 4.05. The van der Waals surface area contributed by atoms with Gasteiger partial charge in [-0.25, -0.2) is 0 Å². The Labute approximate surface area is 120 Å². The van der Waals surface area contributed by atoms with Gasteiger partial charge in [-0.1, -0.05) is 18.2 Å². The summed E-state index contributed by atoms with van der Waals surface area (Å²) in [5, 5.41) is 15.0. The number of fused-ring (bicyclic) bond motifs is 1. The fourth-order valence-corrected chi connectivity index (χ4v) is 3.03. The van der Waals surface area contributed by atoms with Crippen LogP contribution in [0.3, 0.4) is 0 Å². The lowest BCUT2D eigenvalue weighted by Gasteiger charge is -2.27. The lowest BCUT2D eigenvalue weighted by Crippen LogP contribution is -2.44. The van der Waals surface area contributed by atoms with Gasteiger partial charge in [0, 0.05) is 62.4 Å². The Morgan fingerprint density at radius 1 is 1.25 bits per heavy atom. The fraction of sp³-hybridized carbons (Fsp3) is 0.500. The van der Waals surface area contributed by atoms with Crippen LogP contribution in [0, 0.1) is 0 Å². The third kappa shape index (κ3) is 2.73. The zero-order valence-electron chi connectivity index (χ0n) is 12.0. The molecular formula is C16H23N3O. The van der Waals surface area contributed by atoms with Crippen molar-refractivity contribution < 1.29 is 5.11 Å². The van der Waals surface area contributed by atoms with Crippen LogP contribution in [0.15, 0.2) is 30.5 Å². The van der Waals surface area contributed by atoms with Crippen molar-refractivity contribution in [3.05, 3.63) is 36.0 Å². The lowest BCUT2D eigenvalue weighted by molar-refractivity contribution is 0.137. The molecule has 1 aromatic carbocycles. The molecule has 2 N–H and O–H groups in total. The van der Waals surface area contributed by atoms with E-state index in [0.29, 0.717) is 0 Å². The zero-order chi connectivity index (χ0) is 13.9. The molecule has 0 aliphatic carbocycles. The Bertz CT molecular complexity index is 572. The molecule has 4 heteroatoms. The Hall–Kier alpha value is -1.36. The maximum Gasteiger partial charge on any atom is 0.0823 e. The molecule has 4 nitrogen and oxygen atoms in total. The summed E-state index contributed by atoms with van der Waals surface area (Å²) < 4.78 is 2.10. The maximum atomic E-state index is 10.5. The average Bonchev–Trinajstić information content (AvgIpc) is 2.84. The molecule has 1 fully saturated rings. The first-order valence-corrected chi connectivity index (χ1v) is 7.41. The van der Waals surface area contributed by atoms with Gasteiger partial charge < -0.3 is 19.9 Å². The van der Waals surface area contributed by atoms with Crippen LogP contribution in [0.2, 0.25) is 0 Å². The van der Waals surface area contributed by atoms with E-state index in [-0.39, 0.29) is 6.10 Å². The molecule has 0 bridgehead atoms. The van der Waals surface area contributed by atoms with Crippen LogP contribution in [0.1, 0.15) is 18.1 Å². The van der Waals surface area contributed by atoms with E-state index in [1.165, 1.54) is 10.9 Å². The van der Waals surface area contributed by atoms with E-state index < -0.39 is 0 Å². The van der Waals surface area contributed by atoms with Crippen molar-refractivity contribution in [2.75, 3.05) is 32.7 Å². The van der Waals surface area contributed by atoms with E-state index in [4.69, 9.17) is 0 Å². The van der Waals surface area contributed by atoms with Crippen LogP contribution >= 0.6 is 0 Å². The van der Waals surface area contributed by atoms with Crippen LogP contribution in [-0.4, -0.2) is 47.3 Å². The number of aryl methyl sites for hydroxylation is 1.